The first-order valence-corrected chi connectivity index (χ1v) is 5.91. The van der Waals surface area contributed by atoms with Gasteiger partial charge in [0.25, 0.3) is 0 Å². The first-order valence-electron chi connectivity index (χ1n) is 5.91. The quantitative estimate of drug-likeness (QED) is 0.871. The zero-order valence-corrected chi connectivity index (χ0v) is 10.3. The van der Waals surface area contributed by atoms with Gasteiger partial charge in [-0.15, -0.1) is 0 Å². The number of ether oxygens (including phenoxy) is 2. The molecule has 0 aromatic heterocycles. The van der Waals surface area contributed by atoms with Crippen molar-refractivity contribution in [3.63, 3.8) is 0 Å². The van der Waals surface area contributed by atoms with Crippen LogP contribution in [0.5, 0.6) is 17.2 Å². The summed E-state index contributed by atoms with van der Waals surface area (Å²) in [4.78, 5) is 2.30. The molecular formula is C13H19NO3. The van der Waals surface area contributed by atoms with Gasteiger partial charge >= 0.3 is 0 Å². The molecule has 1 N–H and O–H groups in total. The average molecular weight is 237 g/mol. The molecule has 0 radical (unpaired) electrons. The van der Waals surface area contributed by atoms with Gasteiger partial charge in [0, 0.05) is 19.2 Å². The topological polar surface area (TPSA) is 41.9 Å². The maximum absolute atomic E-state index is 9.37. The normalized spacial score (nSPS) is 18.0. The van der Waals surface area contributed by atoms with Crippen LogP contribution >= 0.6 is 0 Å². The van der Waals surface area contributed by atoms with Crippen LogP contribution in [-0.2, 0) is 0 Å². The summed E-state index contributed by atoms with van der Waals surface area (Å²) in [6.07, 6.45) is 2.30. The van der Waals surface area contributed by atoms with E-state index < -0.39 is 0 Å². The van der Waals surface area contributed by atoms with Gasteiger partial charge in [-0.2, -0.15) is 0 Å². The van der Waals surface area contributed by atoms with Gasteiger partial charge in [-0.05, 0) is 32.0 Å². The summed E-state index contributed by atoms with van der Waals surface area (Å²) in [6.45, 7) is 2.12. The zero-order chi connectivity index (χ0) is 12.3. The van der Waals surface area contributed by atoms with Crippen molar-refractivity contribution in [3.05, 3.63) is 18.2 Å². The number of rotatable bonds is 3. The predicted molar refractivity (Wildman–Crippen MR) is 65.8 cm³/mol. The molecule has 1 saturated heterocycles. The number of methoxy groups -OCH3 is 1. The Labute approximate surface area is 102 Å². The third-order valence-electron chi connectivity index (χ3n) is 3.11. The van der Waals surface area contributed by atoms with E-state index >= 15 is 0 Å². The minimum atomic E-state index is 0.192. The maximum atomic E-state index is 9.37. The van der Waals surface area contributed by atoms with Crippen molar-refractivity contribution in [3.8, 4) is 17.2 Å². The molecular weight excluding hydrogens is 218 g/mol. The van der Waals surface area contributed by atoms with Gasteiger partial charge < -0.3 is 19.5 Å². The van der Waals surface area contributed by atoms with E-state index in [4.69, 9.17) is 9.47 Å². The van der Waals surface area contributed by atoms with Crippen LogP contribution in [0.1, 0.15) is 12.8 Å². The van der Waals surface area contributed by atoms with Crippen LogP contribution in [-0.4, -0.2) is 43.4 Å². The molecule has 1 aliphatic rings. The Balaban J connectivity index is 2.03. The van der Waals surface area contributed by atoms with Gasteiger partial charge in [0.05, 0.1) is 7.11 Å². The molecule has 2 rings (SSSR count). The van der Waals surface area contributed by atoms with Gasteiger partial charge in [0.15, 0.2) is 11.5 Å². The van der Waals surface area contributed by atoms with Crippen molar-refractivity contribution in [2.75, 3.05) is 27.2 Å². The van der Waals surface area contributed by atoms with Crippen LogP contribution < -0.4 is 9.47 Å². The summed E-state index contributed by atoms with van der Waals surface area (Å²) in [7, 11) is 3.70. The molecule has 4 nitrogen and oxygen atoms in total. The number of phenolic OH excluding ortho intramolecular Hbond substituents is 1. The SMILES string of the molecule is COc1cc(O)ccc1OC1CCN(C)CC1. The van der Waals surface area contributed by atoms with Gasteiger partial charge in [-0.3, -0.25) is 0 Å². The first-order chi connectivity index (χ1) is 8.19. The van der Waals surface area contributed by atoms with Crippen molar-refractivity contribution < 1.29 is 14.6 Å². The molecule has 1 aromatic carbocycles. The lowest BCUT2D eigenvalue weighted by Gasteiger charge is -2.29. The Kier molecular flexibility index (Phi) is 3.74. The summed E-state index contributed by atoms with van der Waals surface area (Å²) in [5.74, 6) is 1.49. The van der Waals surface area contributed by atoms with Crippen LogP contribution in [0, 0.1) is 0 Å². The molecule has 0 atom stereocenters. The standard InChI is InChI=1S/C13H19NO3/c1-14-7-5-11(6-8-14)17-12-4-3-10(15)9-13(12)16-2/h3-4,9,11,15H,5-8H2,1-2H3. The molecule has 1 aliphatic heterocycles. The zero-order valence-electron chi connectivity index (χ0n) is 10.3. The van der Waals surface area contributed by atoms with E-state index in [1.807, 2.05) is 0 Å². The molecule has 4 heteroatoms. The number of likely N-dealkylation sites (tertiary alicyclic amines) is 1. The van der Waals surface area contributed by atoms with Gasteiger partial charge in [-0.1, -0.05) is 0 Å². The molecule has 0 spiro atoms. The Morgan fingerprint density at radius 3 is 2.59 bits per heavy atom. The smallest absolute Gasteiger partial charge is 0.164 e. The highest BCUT2D eigenvalue weighted by molar-refractivity contribution is 5.45. The van der Waals surface area contributed by atoms with Crippen LogP contribution in [0.2, 0.25) is 0 Å². The highest BCUT2D eigenvalue weighted by Gasteiger charge is 2.19. The van der Waals surface area contributed by atoms with E-state index in [2.05, 4.69) is 11.9 Å². The fraction of sp³-hybridized carbons (Fsp3) is 0.538. The summed E-state index contributed by atoms with van der Waals surface area (Å²) >= 11 is 0. The molecule has 94 valence electrons. The minimum Gasteiger partial charge on any atom is -0.508 e. The van der Waals surface area contributed by atoms with Crippen molar-refractivity contribution in [1.82, 2.24) is 4.90 Å². The number of benzene rings is 1. The molecule has 0 amide bonds. The fourth-order valence-electron chi connectivity index (χ4n) is 2.04. The minimum absolute atomic E-state index is 0.192. The Morgan fingerprint density at radius 1 is 1.24 bits per heavy atom. The van der Waals surface area contributed by atoms with Gasteiger partial charge in [-0.25, -0.2) is 0 Å². The van der Waals surface area contributed by atoms with Gasteiger partial charge in [0.1, 0.15) is 11.9 Å². The van der Waals surface area contributed by atoms with Crippen LogP contribution in [0.15, 0.2) is 18.2 Å². The lowest BCUT2D eigenvalue weighted by molar-refractivity contribution is 0.111. The maximum Gasteiger partial charge on any atom is 0.164 e. The van der Waals surface area contributed by atoms with E-state index in [1.165, 1.54) is 0 Å². The van der Waals surface area contributed by atoms with Crippen LogP contribution in [0.3, 0.4) is 0 Å². The molecule has 0 saturated carbocycles. The molecule has 0 aliphatic carbocycles. The van der Waals surface area contributed by atoms with E-state index in [0.29, 0.717) is 11.5 Å². The molecule has 1 fully saturated rings. The fourth-order valence-corrected chi connectivity index (χ4v) is 2.04. The number of hydrogen-bond donors (Lipinski definition) is 1. The van der Waals surface area contributed by atoms with Crippen molar-refractivity contribution in [2.45, 2.75) is 18.9 Å². The highest BCUT2D eigenvalue weighted by atomic mass is 16.5. The lowest BCUT2D eigenvalue weighted by Crippen LogP contribution is -2.35. The van der Waals surface area contributed by atoms with Crippen molar-refractivity contribution in [1.29, 1.82) is 0 Å². The highest BCUT2D eigenvalue weighted by Crippen LogP contribution is 2.32. The Bertz CT molecular complexity index is 373. The third-order valence-corrected chi connectivity index (χ3v) is 3.11. The second-order valence-corrected chi connectivity index (χ2v) is 4.46. The number of hydrogen-bond acceptors (Lipinski definition) is 4. The summed E-state index contributed by atoms with van der Waals surface area (Å²) in [5, 5.41) is 9.37. The van der Waals surface area contributed by atoms with E-state index in [9.17, 15) is 5.11 Å². The summed E-state index contributed by atoms with van der Waals surface area (Å²) in [6, 6.07) is 4.95. The second kappa shape index (κ2) is 5.27. The number of aromatic hydroxyl groups is 1. The largest absolute Gasteiger partial charge is 0.508 e. The van der Waals surface area contributed by atoms with E-state index in [-0.39, 0.29) is 11.9 Å². The van der Waals surface area contributed by atoms with Crippen LogP contribution in [0.4, 0.5) is 0 Å². The molecule has 0 bridgehead atoms. The molecule has 0 unspecified atom stereocenters. The molecule has 1 heterocycles. The predicted octanol–water partition coefficient (Wildman–Crippen LogP) is 1.87. The van der Waals surface area contributed by atoms with Crippen molar-refractivity contribution in [2.24, 2.45) is 0 Å². The summed E-state index contributed by atoms with van der Waals surface area (Å²) in [5.41, 5.74) is 0. The summed E-state index contributed by atoms with van der Waals surface area (Å²) < 4.78 is 11.1. The van der Waals surface area contributed by atoms with E-state index in [0.717, 1.165) is 25.9 Å². The van der Waals surface area contributed by atoms with Crippen molar-refractivity contribution >= 4 is 0 Å². The van der Waals surface area contributed by atoms with Gasteiger partial charge in [0.2, 0.25) is 0 Å². The Morgan fingerprint density at radius 2 is 1.94 bits per heavy atom. The Hall–Kier alpha value is -1.42. The lowest BCUT2D eigenvalue weighted by atomic mass is 10.1. The van der Waals surface area contributed by atoms with Crippen LogP contribution in [0.25, 0.3) is 0 Å². The molecule has 1 aromatic rings. The molecule has 17 heavy (non-hydrogen) atoms. The monoisotopic (exact) mass is 237 g/mol. The second-order valence-electron chi connectivity index (χ2n) is 4.46. The number of nitrogens with zero attached hydrogens (tertiary/aromatic N) is 1. The third kappa shape index (κ3) is 3.03. The first kappa shape index (κ1) is 12.0. The number of phenols is 1. The number of piperidine rings is 1. The van der Waals surface area contributed by atoms with E-state index in [1.54, 1.807) is 25.3 Å². The average Bonchev–Trinajstić information content (AvgIpc) is 2.34.